The number of rotatable bonds is 6. The van der Waals surface area contributed by atoms with Crippen LogP contribution in [-0.2, 0) is 17.8 Å². The molecule has 1 spiro atoms. The minimum Gasteiger partial charge on any atom is -0.372 e. The number of nitrogens with zero attached hydrogens (tertiary/aromatic N) is 3. The van der Waals surface area contributed by atoms with Crippen LogP contribution in [0.25, 0.3) is 0 Å². The summed E-state index contributed by atoms with van der Waals surface area (Å²) in [5.74, 6) is 0.649. The quantitative estimate of drug-likeness (QED) is 0.776. The van der Waals surface area contributed by atoms with Gasteiger partial charge >= 0.3 is 0 Å². The van der Waals surface area contributed by atoms with Gasteiger partial charge in [-0.1, -0.05) is 6.07 Å². The van der Waals surface area contributed by atoms with E-state index in [0.717, 1.165) is 39.3 Å². The number of aromatic nitrogens is 1. The van der Waals surface area contributed by atoms with Crippen LogP contribution >= 0.6 is 11.3 Å². The van der Waals surface area contributed by atoms with Crippen LogP contribution < -0.4 is 0 Å². The summed E-state index contributed by atoms with van der Waals surface area (Å²) in [4.78, 5) is 12.0. The van der Waals surface area contributed by atoms with E-state index < -0.39 is 0 Å². The molecule has 0 aromatic carbocycles. The smallest absolute Gasteiger partial charge is 0.0935 e. The topological polar surface area (TPSA) is 28.6 Å². The fraction of sp³-hybridized carbons (Fsp3) is 0.571. The molecule has 4 rings (SSSR count). The van der Waals surface area contributed by atoms with Crippen LogP contribution in [0.1, 0.15) is 28.2 Å². The molecule has 140 valence electrons. The summed E-state index contributed by atoms with van der Waals surface area (Å²) in [5.41, 5.74) is 1.42. The molecule has 2 aromatic heterocycles. The fourth-order valence-electron chi connectivity index (χ4n) is 4.29. The lowest BCUT2D eigenvalue weighted by molar-refractivity contribution is -0.183. The lowest BCUT2D eigenvalue weighted by atomic mass is 9.83. The normalized spacial score (nSPS) is 22.7. The van der Waals surface area contributed by atoms with Crippen molar-refractivity contribution in [1.29, 1.82) is 0 Å². The average molecular weight is 372 g/mol. The molecule has 2 saturated heterocycles. The summed E-state index contributed by atoms with van der Waals surface area (Å²) in [6.07, 6.45) is 6.28. The summed E-state index contributed by atoms with van der Waals surface area (Å²) in [6.45, 7) is 8.43. The van der Waals surface area contributed by atoms with Crippen molar-refractivity contribution in [3.8, 4) is 0 Å². The summed E-state index contributed by atoms with van der Waals surface area (Å²) >= 11 is 1.92. The minimum absolute atomic E-state index is 0.144. The van der Waals surface area contributed by atoms with Crippen LogP contribution in [0.2, 0.25) is 0 Å². The molecule has 0 saturated carbocycles. The van der Waals surface area contributed by atoms with E-state index in [4.69, 9.17) is 4.74 Å². The molecule has 1 atom stereocenters. The van der Waals surface area contributed by atoms with Crippen LogP contribution in [-0.4, -0.2) is 53.7 Å². The van der Waals surface area contributed by atoms with Crippen LogP contribution in [0.5, 0.6) is 0 Å². The Balaban J connectivity index is 1.19. The molecular weight excluding hydrogens is 342 g/mol. The van der Waals surface area contributed by atoms with Gasteiger partial charge in [0.05, 0.1) is 12.2 Å². The van der Waals surface area contributed by atoms with Gasteiger partial charge in [-0.15, -0.1) is 11.3 Å². The molecule has 2 aromatic rings. The van der Waals surface area contributed by atoms with Crippen LogP contribution in [0.3, 0.4) is 0 Å². The van der Waals surface area contributed by atoms with Gasteiger partial charge in [0.25, 0.3) is 0 Å². The number of hydrogen-bond donors (Lipinski definition) is 0. The second kappa shape index (κ2) is 7.77. The van der Waals surface area contributed by atoms with Crippen molar-refractivity contribution in [2.24, 2.45) is 5.92 Å². The van der Waals surface area contributed by atoms with E-state index in [-0.39, 0.29) is 5.60 Å². The summed E-state index contributed by atoms with van der Waals surface area (Å²) in [6, 6.07) is 8.64. The minimum atomic E-state index is 0.144. The van der Waals surface area contributed by atoms with Gasteiger partial charge in [-0.2, -0.15) is 0 Å². The second-order valence-corrected chi connectivity index (χ2v) is 9.49. The molecule has 0 amide bonds. The van der Waals surface area contributed by atoms with E-state index in [9.17, 15) is 0 Å². The first kappa shape index (κ1) is 18.1. The number of ether oxygens (including phenoxy) is 1. The Morgan fingerprint density at radius 3 is 2.88 bits per heavy atom. The number of pyridine rings is 1. The van der Waals surface area contributed by atoms with Crippen LogP contribution in [0.4, 0.5) is 0 Å². The van der Waals surface area contributed by atoms with Gasteiger partial charge in [-0.3, -0.25) is 9.88 Å². The van der Waals surface area contributed by atoms with E-state index in [1.807, 2.05) is 29.8 Å². The molecular formula is C21H29N3OS. The summed E-state index contributed by atoms with van der Waals surface area (Å²) in [7, 11) is 2.20. The molecule has 2 aliphatic rings. The predicted molar refractivity (Wildman–Crippen MR) is 106 cm³/mol. The highest BCUT2D eigenvalue weighted by atomic mass is 32.1. The van der Waals surface area contributed by atoms with Gasteiger partial charge in [0.2, 0.25) is 0 Å². The van der Waals surface area contributed by atoms with Gasteiger partial charge < -0.3 is 9.64 Å². The largest absolute Gasteiger partial charge is 0.372 e. The van der Waals surface area contributed by atoms with E-state index in [1.165, 1.54) is 28.2 Å². The molecule has 5 heteroatoms. The SMILES string of the molecule is Cc1ccc(CN2CC3(CCC(CN(C)Cc4cccnc4)CO3)C2)s1. The van der Waals surface area contributed by atoms with Crippen molar-refractivity contribution in [3.63, 3.8) is 0 Å². The van der Waals surface area contributed by atoms with Crippen LogP contribution in [0, 0.1) is 12.8 Å². The highest BCUT2D eigenvalue weighted by Crippen LogP contribution is 2.37. The molecule has 0 bridgehead atoms. The Kier molecular flexibility index (Phi) is 5.41. The van der Waals surface area contributed by atoms with E-state index in [0.29, 0.717) is 5.92 Å². The predicted octanol–water partition coefficient (Wildman–Crippen LogP) is 3.56. The van der Waals surface area contributed by atoms with Gasteiger partial charge in [0.15, 0.2) is 0 Å². The Morgan fingerprint density at radius 2 is 2.23 bits per heavy atom. The van der Waals surface area contributed by atoms with Crippen molar-refractivity contribution in [1.82, 2.24) is 14.8 Å². The van der Waals surface area contributed by atoms with Gasteiger partial charge in [0.1, 0.15) is 0 Å². The number of hydrogen-bond acceptors (Lipinski definition) is 5. The lowest BCUT2D eigenvalue weighted by Crippen LogP contribution is -2.64. The maximum atomic E-state index is 6.36. The molecule has 0 aliphatic carbocycles. The van der Waals surface area contributed by atoms with Crippen molar-refractivity contribution in [2.45, 2.75) is 38.5 Å². The van der Waals surface area contributed by atoms with Gasteiger partial charge in [0, 0.05) is 54.9 Å². The summed E-state index contributed by atoms with van der Waals surface area (Å²) in [5, 5.41) is 0. The molecule has 0 radical (unpaired) electrons. The lowest BCUT2D eigenvalue weighted by Gasteiger charge is -2.53. The highest BCUT2D eigenvalue weighted by molar-refractivity contribution is 7.11. The molecule has 2 fully saturated rings. The first-order valence-corrected chi connectivity index (χ1v) is 10.4. The van der Waals surface area contributed by atoms with Crippen molar-refractivity contribution in [3.05, 3.63) is 52.0 Å². The Labute approximate surface area is 160 Å². The number of aryl methyl sites for hydroxylation is 1. The monoisotopic (exact) mass is 371 g/mol. The highest BCUT2D eigenvalue weighted by Gasteiger charge is 2.46. The zero-order chi connectivity index (χ0) is 18.0. The van der Waals surface area contributed by atoms with E-state index in [1.54, 1.807) is 0 Å². The fourth-order valence-corrected chi connectivity index (χ4v) is 5.22. The van der Waals surface area contributed by atoms with Gasteiger partial charge in [-0.05, 0) is 56.5 Å². The van der Waals surface area contributed by atoms with Crippen molar-refractivity contribution >= 4 is 11.3 Å². The first-order chi connectivity index (χ1) is 12.6. The average Bonchev–Trinajstić information content (AvgIpc) is 3.01. The maximum absolute atomic E-state index is 6.36. The third-order valence-electron chi connectivity index (χ3n) is 5.58. The standard InChI is InChI=1S/C21H29N3OS/c1-17-5-6-20(26-17)13-24-15-21(16-24)8-7-19(14-25-21)12-23(2)11-18-4-3-9-22-10-18/h3-6,9-10,19H,7-8,11-16H2,1-2H3. The Bertz CT molecular complexity index is 701. The van der Waals surface area contributed by atoms with E-state index >= 15 is 0 Å². The third kappa shape index (κ3) is 4.34. The zero-order valence-electron chi connectivity index (χ0n) is 15.9. The first-order valence-electron chi connectivity index (χ1n) is 9.59. The zero-order valence-corrected chi connectivity index (χ0v) is 16.7. The van der Waals surface area contributed by atoms with Crippen molar-refractivity contribution in [2.75, 3.05) is 33.3 Å². The second-order valence-electron chi connectivity index (χ2n) is 8.11. The molecule has 0 N–H and O–H groups in total. The van der Waals surface area contributed by atoms with E-state index in [2.05, 4.69) is 47.0 Å². The Morgan fingerprint density at radius 1 is 1.35 bits per heavy atom. The number of likely N-dealkylation sites (tertiary alicyclic amines) is 1. The Hall–Kier alpha value is -1.27. The van der Waals surface area contributed by atoms with Crippen molar-refractivity contribution < 1.29 is 4.74 Å². The summed E-state index contributed by atoms with van der Waals surface area (Å²) < 4.78 is 6.36. The molecule has 26 heavy (non-hydrogen) atoms. The van der Waals surface area contributed by atoms with Gasteiger partial charge in [-0.25, -0.2) is 0 Å². The maximum Gasteiger partial charge on any atom is 0.0935 e. The molecule has 2 aliphatic heterocycles. The molecule has 4 heterocycles. The molecule has 4 nitrogen and oxygen atoms in total. The number of thiophene rings is 1. The third-order valence-corrected chi connectivity index (χ3v) is 6.56. The van der Waals surface area contributed by atoms with Crippen LogP contribution in [0.15, 0.2) is 36.7 Å². The molecule has 1 unspecified atom stereocenters.